The molecule has 45 heavy (non-hydrogen) atoms. The zero-order valence-corrected chi connectivity index (χ0v) is 27.4. The lowest BCUT2D eigenvalue weighted by Gasteiger charge is -2.35. The van der Waals surface area contributed by atoms with Gasteiger partial charge in [-0.3, -0.25) is 9.80 Å². The van der Waals surface area contributed by atoms with Gasteiger partial charge in [-0.05, 0) is 105 Å². The van der Waals surface area contributed by atoms with Crippen molar-refractivity contribution in [2.24, 2.45) is 0 Å². The average molecular weight is 634 g/mol. The van der Waals surface area contributed by atoms with Crippen LogP contribution in [0.15, 0.2) is 54.7 Å². The first-order valence-electron chi connectivity index (χ1n) is 15.1. The standard InChI is InChI=1S/C35H40ClN3O6/c1-7-37-33(40)39-14-12-24-20-30(42-6)31(21-27(24)32(39)26-10-9-25(36)18-22(26)2)43-16-13-23-8-11-29-28(19-23)38(15-17-44-29)34(41)45-35(3,4)5/h8-12,14,18-21,32H,7,13,15-17H2,1-6H3,(H,37,40). The van der Waals surface area contributed by atoms with Crippen molar-refractivity contribution in [3.63, 3.8) is 0 Å². The minimum atomic E-state index is -0.604. The van der Waals surface area contributed by atoms with Gasteiger partial charge in [0.05, 0.1) is 32.0 Å². The number of fused-ring (bicyclic) bond motifs is 2. The molecular formula is C35H40ClN3O6. The highest BCUT2D eigenvalue weighted by atomic mass is 35.5. The summed E-state index contributed by atoms with van der Waals surface area (Å²) in [6.45, 7) is 11.1. The average Bonchev–Trinajstić information content (AvgIpc) is 2.99. The lowest BCUT2D eigenvalue weighted by atomic mass is 9.88. The molecule has 0 aliphatic carbocycles. The van der Waals surface area contributed by atoms with Crippen molar-refractivity contribution in [1.29, 1.82) is 0 Å². The molecule has 0 fully saturated rings. The van der Waals surface area contributed by atoms with E-state index in [-0.39, 0.29) is 6.03 Å². The van der Waals surface area contributed by atoms with E-state index in [2.05, 4.69) is 5.32 Å². The van der Waals surface area contributed by atoms with Crippen molar-refractivity contribution in [3.05, 3.63) is 87.6 Å². The Balaban J connectivity index is 1.41. The van der Waals surface area contributed by atoms with Gasteiger partial charge in [0, 0.05) is 24.2 Å². The van der Waals surface area contributed by atoms with Crippen LogP contribution in [-0.4, -0.2) is 56.0 Å². The Morgan fingerprint density at radius 1 is 1.07 bits per heavy atom. The number of anilines is 1. The molecule has 3 aromatic carbocycles. The molecule has 2 aliphatic rings. The maximum Gasteiger partial charge on any atom is 0.415 e. The smallest absolute Gasteiger partial charge is 0.415 e. The third-order valence-electron chi connectivity index (χ3n) is 7.59. The highest BCUT2D eigenvalue weighted by molar-refractivity contribution is 6.30. The van der Waals surface area contributed by atoms with Crippen LogP contribution in [0.4, 0.5) is 15.3 Å². The summed E-state index contributed by atoms with van der Waals surface area (Å²) < 4.78 is 23.5. The van der Waals surface area contributed by atoms with E-state index in [1.807, 2.05) is 89.2 Å². The van der Waals surface area contributed by atoms with E-state index >= 15 is 0 Å². The van der Waals surface area contributed by atoms with Crippen LogP contribution < -0.4 is 24.4 Å². The van der Waals surface area contributed by atoms with Gasteiger partial charge in [0.2, 0.25) is 0 Å². The number of ether oxygens (including phenoxy) is 4. The second-order valence-corrected chi connectivity index (χ2v) is 12.4. The summed E-state index contributed by atoms with van der Waals surface area (Å²) in [6, 6.07) is 14.8. The molecule has 10 heteroatoms. The second kappa shape index (κ2) is 13.3. The zero-order valence-electron chi connectivity index (χ0n) is 26.6. The molecular weight excluding hydrogens is 594 g/mol. The molecule has 0 bridgehead atoms. The molecule has 238 valence electrons. The number of nitrogens with one attached hydrogen (secondary N) is 1. The third kappa shape index (κ3) is 7.14. The van der Waals surface area contributed by atoms with Crippen LogP contribution in [-0.2, 0) is 11.2 Å². The Morgan fingerprint density at radius 3 is 2.58 bits per heavy atom. The van der Waals surface area contributed by atoms with Gasteiger partial charge in [-0.25, -0.2) is 9.59 Å². The SMILES string of the molecule is CCNC(=O)N1C=Cc2cc(OC)c(OCCc3ccc4c(c3)N(C(=O)OC(C)(C)C)CCO4)cc2C1c1ccc(Cl)cc1C. The van der Waals surface area contributed by atoms with Crippen LogP contribution in [0.1, 0.15) is 61.6 Å². The normalized spacial score (nSPS) is 15.5. The molecule has 1 N–H and O–H groups in total. The third-order valence-corrected chi connectivity index (χ3v) is 7.83. The Morgan fingerprint density at radius 2 is 1.87 bits per heavy atom. The summed E-state index contributed by atoms with van der Waals surface area (Å²) in [6.07, 6.45) is 3.87. The molecule has 3 aromatic rings. The molecule has 2 aliphatic heterocycles. The van der Waals surface area contributed by atoms with E-state index in [4.69, 9.17) is 30.5 Å². The van der Waals surface area contributed by atoms with Crippen LogP contribution in [0.2, 0.25) is 5.02 Å². The van der Waals surface area contributed by atoms with E-state index in [1.54, 1.807) is 23.1 Å². The number of urea groups is 1. The number of carbonyl (C=O) groups is 2. The molecule has 3 amide bonds. The first-order valence-corrected chi connectivity index (χ1v) is 15.5. The molecule has 0 aromatic heterocycles. The summed E-state index contributed by atoms with van der Waals surface area (Å²) in [4.78, 5) is 29.4. The van der Waals surface area contributed by atoms with E-state index in [9.17, 15) is 9.59 Å². The predicted molar refractivity (Wildman–Crippen MR) is 176 cm³/mol. The minimum absolute atomic E-state index is 0.200. The van der Waals surface area contributed by atoms with Crippen LogP contribution >= 0.6 is 11.6 Å². The quantitative estimate of drug-likeness (QED) is 0.290. The van der Waals surface area contributed by atoms with Gasteiger partial charge in [-0.15, -0.1) is 0 Å². The number of aryl methyl sites for hydroxylation is 1. The van der Waals surface area contributed by atoms with Crippen molar-refractivity contribution in [1.82, 2.24) is 10.2 Å². The fourth-order valence-electron chi connectivity index (χ4n) is 5.54. The summed E-state index contributed by atoms with van der Waals surface area (Å²) in [7, 11) is 1.61. The summed E-state index contributed by atoms with van der Waals surface area (Å²) in [5.74, 6) is 1.79. The zero-order chi connectivity index (χ0) is 32.3. The number of hydrogen-bond acceptors (Lipinski definition) is 6. The Hall–Kier alpha value is -4.37. The molecule has 0 radical (unpaired) electrons. The summed E-state index contributed by atoms with van der Waals surface area (Å²) in [5, 5.41) is 3.55. The molecule has 2 heterocycles. The summed E-state index contributed by atoms with van der Waals surface area (Å²) in [5.41, 5.74) is 4.81. The lowest BCUT2D eigenvalue weighted by Crippen LogP contribution is -2.41. The van der Waals surface area contributed by atoms with Gasteiger partial charge in [-0.1, -0.05) is 23.7 Å². The number of amides is 3. The number of benzene rings is 3. The highest BCUT2D eigenvalue weighted by Crippen LogP contribution is 2.43. The van der Waals surface area contributed by atoms with Gasteiger partial charge < -0.3 is 24.3 Å². The number of rotatable bonds is 7. The molecule has 0 spiro atoms. The fourth-order valence-corrected chi connectivity index (χ4v) is 5.76. The van der Waals surface area contributed by atoms with Gasteiger partial charge in [0.15, 0.2) is 11.5 Å². The van der Waals surface area contributed by atoms with Crippen LogP contribution in [0.5, 0.6) is 17.2 Å². The van der Waals surface area contributed by atoms with Gasteiger partial charge >= 0.3 is 12.1 Å². The lowest BCUT2D eigenvalue weighted by molar-refractivity contribution is 0.0567. The van der Waals surface area contributed by atoms with Crippen molar-refractivity contribution in [2.45, 2.75) is 52.7 Å². The van der Waals surface area contributed by atoms with Crippen molar-refractivity contribution in [2.75, 3.05) is 38.3 Å². The first-order chi connectivity index (χ1) is 21.5. The van der Waals surface area contributed by atoms with Crippen molar-refractivity contribution in [3.8, 4) is 17.2 Å². The fraction of sp³-hybridized carbons (Fsp3) is 0.371. The van der Waals surface area contributed by atoms with E-state index < -0.39 is 17.7 Å². The van der Waals surface area contributed by atoms with Crippen LogP contribution in [0, 0.1) is 6.92 Å². The Bertz CT molecular complexity index is 1620. The van der Waals surface area contributed by atoms with Gasteiger partial charge in [0.25, 0.3) is 0 Å². The Kier molecular flexibility index (Phi) is 9.48. The monoisotopic (exact) mass is 633 g/mol. The minimum Gasteiger partial charge on any atom is -0.493 e. The number of methoxy groups -OCH3 is 1. The number of nitrogens with zero attached hydrogens (tertiary/aromatic N) is 2. The number of halogens is 1. The highest BCUT2D eigenvalue weighted by Gasteiger charge is 2.32. The van der Waals surface area contributed by atoms with Crippen LogP contribution in [0.25, 0.3) is 6.08 Å². The molecule has 5 rings (SSSR count). The topological polar surface area (TPSA) is 89.6 Å². The van der Waals surface area contributed by atoms with E-state index in [0.717, 1.165) is 27.8 Å². The molecule has 0 saturated carbocycles. The van der Waals surface area contributed by atoms with Crippen molar-refractivity contribution >= 4 is 35.5 Å². The number of hydrogen-bond donors (Lipinski definition) is 1. The van der Waals surface area contributed by atoms with Gasteiger partial charge in [-0.2, -0.15) is 0 Å². The molecule has 1 unspecified atom stereocenters. The van der Waals surface area contributed by atoms with Crippen molar-refractivity contribution < 1.29 is 28.5 Å². The van der Waals surface area contributed by atoms with E-state index in [1.165, 1.54) is 0 Å². The van der Waals surface area contributed by atoms with E-state index in [0.29, 0.717) is 60.7 Å². The first kappa shape index (κ1) is 32.0. The predicted octanol–water partition coefficient (Wildman–Crippen LogP) is 7.52. The second-order valence-electron chi connectivity index (χ2n) is 12.0. The summed E-state index contributed by atoms with van der Waals surface area (Å²) >= 11 is 6.29. The molecule has 9 nitrogen and oxygen atoms in total. The Labute approximate surface area is 269 Å². The maximum atomic E-state index is 13.2. The molecule has 0 saturated heterocycles. The van der Waals surface area contributed by atoms with Crippen LogP contribution in [0.3, 0.4) is 0 Å². The number of carbonyl (C=O) groups excluding carboxylic acids is 2. The maximum absolute atomic E-state index is 13.2. The molecule has 1 atom stereocenters. The van der Waals surface area contributed by atoms with Gasteiger partial charge in [0.1, 0.15) is 18.0 Å². The largest absolute Gasteiger partial charge is 0.493 e.